The summed E-state index contributed by atoms with van der Waals surface area (Å²) in [4.78, 5) is 4.67. The summed E-state index contributed by atoms with van der Waals surface area (Å²) >= 11 is 0. The molecule has 3 nitrogen and oxygen atoms in total. The molecule has 1 aliphatic carbocycles. The van der Waals surface area contributed by atoms with Crippen molar-refractivity contribution in [1.82, 2.24) is 9.55 Å². The molecular weight excluding hydrogens is 162 g/mol. The van der Waals surface area contributed by atoms with E-state index < -0.39 is 0 Å². The maximum absolute atomic E-state index is 5.95. The number of hydrogen-bond donors (Lipinski definition) is 1. The summed E-state index contributed by atoms with van der Waals surface area (Å²) in [6.45, 7) is 0.998. The van der Waals surface area contributed by atoms with Crippen molar-refractivity contribution in [2.45, 2.75) is 44.7 Å². The smallest absolute Gasteiger partial charge is 0.109 e. The van der Waals surface area contributed by atoms with Gasteiger partial charge in [-0.1, -0.05) is 0 Å². The van der Waals surface area contributed by atoms with Crippen LogP contribution in [0.25, 0.3) is 0 Å². The molecule has 0 saturated carbocycles. The van der Waals surface area contributed by atoms with Crippen LogP contribution in [0, 0.1) is 0 Å². The van der Waals surface area contributed by atoms with E-state index in [1.165, 1.54) is 36.5 Å². The number of fused-ring (bicyclic) bond motifs is 3. The molecule has 0 spiro atoms. The first-order valence-corrected chi connectivity index (χ1v) is 5.17. The van der Waals surface area contributed by atoms with Crippen LogP contribution >= 0.6 is 0 Å². The van der Waals surface area contributed by atoms with Gasteiger partial charge in [0.2, 0.25) is 0 Å². The summed E-state index contributed by atoms with van der Waals surface area (Å²) < 4.78 is 2.37. The van der Waals surface area contributed by atoms with E-state index in [9.17, 15) is 0 Å². The fourth-order valence-electron chi connectivity index (χ4n) is 2.54. The number of nitrogens with two attached hydrogens (primary N) is 1. The lowest BCUT2D eigenvalue weighted by atomic mass is 10.1. The first kappa shape index (κ1) is 7.56. The number of aryl methyl sites for hydroxylation is 2. The number of aromatic nitrogens is 2. The second-order valence-electron chi connectivity index (χ2n) is 4.18. The molecule has 2 N–H and O–H groups in total. The Kier molecular flexibility index (Phi) is 1.50. The van der Waals surface area contributed by atoms with E-state index in [2.05, 4.69) is 9.55 Å². The van der Waals surface area contributed by atoms with Crippen LogP contribution in [0.4, 0.5) is 0 Å². The Balaban J connectivity index is 2.08. The lowest BCUT2D eigenvalue weighted by Crippen LogP contribution is -2.32. The van der Waals surface area contributed by atoms with Crippen LogP contribution < -0.4 is 5.73 Å². The predicted octanol–water partition coefficient (Wildman–Crippen LogP) is 0.645. The minimum atomic E-state index is 0.353. The highest BCUT2D eigenvalue weighted by Gasteiger charge is 2.25. The Morgan fingerprint density at radius 2 is 2.23 bits per heavy atom. The van der Waals surface area contributed by atoms with E-state index >= 15 is 0 Å². The van der Waals surface area contributed by atoms with Crippen LogP contribution in [0.2, 0.25) is 0 Å². The molecule has 13 heavy (non-hydrogen) atoms. The molecule has 0 fully saturated rings. The highest BCUT2D eigenvalue weighted by Crippen LogP contribution is 2.26. The van der Waals surface area contributed by atoms with Crippen LogP contribution in [0.1, 0.15) is 30.1 Å². The van der Waals surface area contributed by atoms with Gasteiger partial charge in [0.25, 0.3) is 0 Å². The summed E-state index contributed by atoms with van der Waals surface area (Å²) in [7, 11) is 0. The van der Waals surface area contributed by atoms with Crippen molar-refractivity contribution >= 4 is 0 Å². The molecule has 2 heterocycles. The molecule has 1 aromatic heterocycles. The first-order valence-electron chi connectivity index (χ1n) is 5.17. The van der Waals surface area contributed by atoms with Gasteiger partial charge in [-0.05, 0) is 25.7 Å². The average molecular weight is 177 g/mol. The molecule has 70 valence electrons. The Labute approximate surface area is 78.0 Å². The van der Waals surface area contributed by atoms with Crippen molar-refractivity contribution in [2.75, 3.05) is 0 Å². The van der Waals surface area contributed by atoms with Crippen LogP contribution in [0.15, 0.2) is 0 Å². The zero-order chi connectivity index (χ0) is 8.84. The number of nitrogens with zero attached hydrogens (tertiary/aromatic N) is 2. The molecule has 0 amide bonds. The van der Waals surface area contributed by atoms with Gasteiger partial charge >= 0.3 is 0 Å². The molecule has 3 rings (SSSR count). The topological polar surface area (TPSA) is 43.8 Å². The van der Waals surface area contributed by atoms with E-state index in [1.807, 2.05) is 0 Å². The van der Waals surface area contributed by atoms with Gasteiger partial charge in [-0.2, -0.15) is 0 Å². The van der Waals surface area contributed by atoms with Crippen molar-refractivity contribution < 1.29 is 0 Å². The standard InChI is InChI=1S/C10H15N3/c11-7-4-5-10-12-8-2-1-3-9(8)13(10)6-7/h7H,1-6,11H2. The van der Waals surface area contributed by atoms with Gasteiger partial charge in [-0.25, -0.2) is 4.98 Å². The molecule has 0 aromatic carbocycles. The van der Waals surface area contributed by atoms with Gasteiger partial charge in [0.15, 0.2) is 0 Å². The third-order valence-corrected chi connectivity index (χ3v) is 3.22. The zero-order valence-corrected chi connectivity index (χ0v) is 7.79. The lowest BCUT2D eigenvalue weighted by molar-refractivity contribution is 0.443. The molecular formula is C10H15N3. The Morgan fingerprint density at radius 1 is 1.31 bits per heavy atom. The van der Waals surface area contributed by atoms with Crippen LogP contribution in [0.3, 0.4) is 0 Å². The van der Waals surface area contributed by atoms with Crippen molar-refractivity contribution in [3.05, 3.63) is 17.2 Å². The summed E-state index contributed by atoms with van der Waals surface area (Å²) in [5, 5.41) is 0. The third kappa shape index (κ3) is 1.03. The normalized spacial score (nSPS) is 25.8. The third-order valence-electron chi connectivity index (χ3n) is 3.22. The highest BCUT2D eigenvalue weighted by atomic mass is 15.1. The van der Waals surface area contributed by atoms with Crippen molar-refractivity contribution in [2.24, 2.45) is 5.73 Å². The van der Waals surface area contributed by atoms with E-state index in [1.54, 1.807) is 0 Å². The molecule has 1 aromatic rings. The number of hydrogen-bond acceptors (Lipinski definition) is 2. The maximum atomic E-state index is 5.95. The SMILES string of the molecule is NC1CCc2nc3c(n2C1)CCC3. The summed E-state index contributed by atoms with van der Waals surface area (Å²) in [6.07, 6.45) is 5.87. The summed E-state index contributed by atoms with van der Waals surface area (Å²) in [5.74, 6) is 1.28. The predicted molar refractivity (Wildman–Crippen MR) is 50.5 cm³/mol. The fraction of sp³-hybridized carbons (Fsp3) is 0.700. The Bertz CT molecular complexity index is 340. The van der Waals surface area contributed by atoms with Crippen LogP contribution in [-0.4, -0.2) is 15.6 Å². The molecule has 0 saturated heterocycles. The Hall–Kier alpha value is -0.830. The molecule has 1 aliphatic heterocycles. The van der Waals surface area contributed by atoms with E-state index in [-0.39, 0.29) is 0 Å². The molecule has 0 bridgehead atoms. The second kappa shape index (κ2) is 2.58. The van der Waals surface area contributed by atoms with Crippen molar-refractivity contribution in [3.8, 4) is 0 Å². The minimum Gasteiger partial charge on any atom is -0.330 e. The minimum absolute atomic E-state index is 0.353. The molecule has 1 unspecified atom stereocenters. The average Bonchev–Trinajstić information content (AvgIpc) is 2.64. The monoisotopic (exact) mass is 177 g/mol. The fourth-order valence-corrected chi connectivity index (χ4v) is 2.54. The molecule has 2 aliphatic rings. The van der Waals surface area contributed by atoms with Crippen molar-refractivity contribution in [1.29, 1.82) is 0 Å². The number of imidazole rings is 1. The summed E-state index contributed by atoms with van der Waals surface area (Å²) in [5.41, 5.74) is 8.78. The molecule has 0 radical (unpaired) electrons. The van der Waals surface area contributed by atoms with Crippen LogP contribution in [-0.2, 0) is 25.8 Å². The van der Waals surface area contributed by atoms with E-state index in [0.29, 0.717) is 6.04 Å². The molecule has 1 atom stereocenters. The van der Waals surface area contributed by atoms with Gasteiger partial charge in [0.05, 0.1) is 5.69 Å². The van der Waals surface area contributed by atoms with Gasteiger partial charge in [-0.15, -0.1) is 0 Å². The maximum Gasteiger partial charge on any atom is 0.109 e. The van der Waals surface area contributed by atoms with Crippen molar-refractivity contribution in [3.63, 3.8) is 0 Å². The quantitative estimate of drug-likeness (QED) is 0.632. The largest absolute Gasteiger partial charge is 0.330 e. The lowest BCUT2D eigenvalue weighted by Gasteiger charge is -2.21. The zero-order valence-electron chi connectivity index (χ0n) is 7.79. The van der Waals surface area contributed by atoms with E-state index in [0.717, 1.165) is 19.4 Å². The Morgan fingerprint density at radius 3 is 3.15 bits per heavy atom. The first-order chi connectivity index (χ1) is 6.34. The van der Waals surface area contributed by atoms with E-state index in [4.69, 9.17) is 5.73 Å². The van der Waals surface area contributed by atoms with Gasteiger partial charge in [0.1, 0.15) is 5.82 Å². The molecule has 3 heteroatoms. The summed E-state index contributed by atoms with van der Waals surface area (Å²) in [6, 6.07) is 0.353. The van der Waals surface area contributed by atoms with Gasteiger partial charge in [0, 0.05) is 24.7 Å². The van der Waals surface area contributed by atoms with Gasteiger partial charge < -0.3 is 10.3 Å². The van der Waals surface area contributed by atoms with Crippen LogP contribution in [0.5, 0.6) is 0 Å². The second-order valence-corrected chi connectivity index (χ2v) is 4.18. The number of rotatable bonds is 0. The highest BCUT2D eigenvalue weighted by molar-refractivity contribution is 5.23. The van der Waals surface area contributed by atoms with Gasteiger partial charge in [-0.3, -0.25) is 0 Å².